The number of nitrogens with two attached hydrogens (primary N) is 1. The zero-order valence-electron chi connectivity index (χ0n) is 17.0. The SMILES string of the molecule is CC(c1ccc2c(c1)Nc1ccccc1C2)c1cc(/N=C(/N)N2CCOCC2)on1. The van der Waals surface area contributed by atoms with E-state index in [9.17, 15) is 0 Å². The van der Waals surface area contributed by atoms with E-state index in [0.717, 1.165) is 30.9 Å². The lowest BCUT2D eigenvalue weighted by molar-refractivity contribution is 0.0675. The van der Waals surface area contributed by atoms with E-state index in [-0.39, 0.29) is 5.92 Å². The van der Waals surface area contributed by atoms with Gasteiger partial charge in [0.1, 0.15) is 0 Å². The van der Waals surface area contributed by atoms with Crippen LogP contribution in [0.3, 0.4) is 0 Å². The Morgan fingerprint density at radius 3 is 2.77 bits per heavy atom. The Hall–Kier alpha value is -3.32. The molecule has 0 radical (unpaired) electrons. The standard InChI is InChI=1S/C23H25N5O2/c1-15(20-14-22(30-27-20)26-23(24)28-8-10-29-11-9-28)16-6-7-18-12-17-4-2-3-5-19(17)25-21(18)13-16/h2-7,13-15,25H,8-12H2,1H3,(H2,24,26). The van der Waals surface area contributed by atoms with E-state index in [0.29, 0.717) is 25.1 Å². The van der Waals surface area contributed by atoms with E-state index in [1.807, 2.05) is 11.0 Å². The summed E-state index contributed by atoms with van der Waals surface area (Å²) in [5, 5.41) is 7.79. The molecule has 0 spiro atoms. The van der Waals surface area contributed by atoms with E-state index >= 15 is 0 Å². The van der Waals surface area contributed by atoms with Crippen molar-refractivity contribution >= 4 is 23.2 Å². The lowest BCUT2D eigenvalue weighted by Gasteiger charge is -2.27. The summed E-state index contributed by atoms with van der Waals surface area (Å²) in [7, 11) is 0. The highest BCUT2D eigenvalue weighted by Crippen LogP contribution is 2.36. The van der Waals surface area contributed by atoms with Crippen LogP contribution in [0.5, 0.6) is 0 Å². The first-order valence-electron chi connectivity index (χ1n) is 10.3. The summed E-state index contributed by atoms with van der Waals surface area (Å²) in [6.07, 6.45) is 0.941. The van der Waals surface area contributed by atoms with Crippen LogP contribution in [0.1, 0.15) is 35.2 Å². The van der Waals surface area contributed by atoms with Gasteiger partial charge in [-0.3, -0.25) is 0 Å². The normalized spacial score (nSPS) is 17.1. The molecule has 0 bridgehead atoms. The number of hydrogen-bond acceptors (Lipinski definition) is 5. The van der Waals surface area contributed by atoms with Gasteiger partial charge in [-0.2, -0.15) is 4.99 Å². The number of aliphatic imine (C=N–C) groups is 1. The second-order valence-electron chi connectivity index (χ2n) is 7.76. The number of benzene rings is 2. The maximum Gasteiger partial charge on any atom is 0.253 e. The van der Waals surface area contributed by atoms with E-state index in [2.05, 4.69) is 64.9 Å². The molecule has 7 nitrogen and oxygen atoms in total. The zero-order valence-corrected chi connectivity index (χ0v) is 17.0. The summed E-state index contributed by atoms with van der Waals surface area (Å²) in [5.41, 5.74) is 13.1. The molecule has 3 N–H and O–H groups in total. The molecule has 1 saturated heterocycles. The Labute approximate surface area is 175 Å². The quantitative estimate of drug-likeness (QED) is 0.400. The molecule has 7 heteroatoms. The van der Waals surface area contributed by atoms with Crippen molar-refractivity contribution in [3.05, 3.63) is 70.9 Å². The third-order valence-electron chi connectivity index (χ3n) is 5.82. The summed E-state index contributed by atoms with van der Waals surface area (Å²) in [5.74, 6) is 0.933. The molecule has 5 rings (SSSR count). The molecule has 2 aromatic carbocycles. The Bertz CT molecular complexity index is 1080. The first-order chi connectivity index (χ1) is 14.7. The molecular formula is C23H25N5O2. The van der Waals surface area contributed by atoms with E-state index < -0.39 is 0 Å². The number of ether oxygens (including phenoxy) is 1. The van der Waals surface area contributed by atoms with E-state index in [1.54, 1.807) is 0 Å². The zero-order chi connectivity index (χ0) is 20.5. The van der Waals surface area contributed by atoms with Gasteiger partial charge in [-0.05, 0) is 28.8 Å². The fraction of sp³-hybridized carbons (Fsp3) is 0.304. The van der Waals surface area contributed by atoms with Crippen LogP contribution in [0.15, 0.2) is 58.0 Å². The van der Waals surface area contributed by atoms with Gasteiger partial charge in [-0.15, -0.1) is 0 Å². The highest BCUT2D eigenvalue weighted by Gasteiger charge is 2.19. The predicted molar refractivity (Wildman–Crippen MR) is 117 cm³/mol. The van der Waals surface area contributed by atoms with Gasteiger partial charge in [0.2, 0.25) is 0 Å². The van der Waals surface area contributed by atoms with Crippen LogP contribution in [0, 0.1) is 0 Å². The van der Waals surface area contributed by atoms with Crippen molar-refractivity contribution in [1.82, 2.24) is 10.1 Å². The monoisotopic (exact) mass is 403 g/mol. The molecular weight excluding hydrogens is 378 g/mol. The van der Waals surface area contributed by atoms with Crippen molar-refractivity contribution in [2.24, 2.45) is 10.7 Å². The maximum absolute atomic E-state index is 6.12. The highest BCUT2D eigenvalue weighted by atomic mass is 16.5. The van der Waals surface area contributed by atoms with Crippen LogP contribution in [0.25, 0.3) is 0 Å². The molecule has 3 heterocycles. The third-order valence-corrected chi connectivity index (χ3v) is 5.82. The van der Waals surface area contributed by atoms with Gasteiger partial charge in [0, 0.05) is 42.9 Å². The van der Waals surface area contributed by atoms with Gasteiger partial charge in [-0.1, -0.05) is 42.4 Å². The number of aromatic nitrogens is 1. The van der Waals surface area contributed by atoms with Gasteiger partial charge in [0.25, 0.3) is 5.88 Å². The average Bonchev–Trinajstić information content (AvgIpc) is 3.25. The number of nitrogens with one attached hydrogen (secondary N) is 1. The Morgan fingerprint density at radius 2 is 1.90 bits per heavy atom. The van der Waals surface area contributed by atoms with Crippen LogP contribution < -0.4 is 11.1 Å². The number of rotatable bonds is 3. The summed E-state index contributed by atoms with van der Waals surface area (Å²) in [6.45, 7) is 4.91. The van der Waals surface area contributed by atoms with Gasteiger partial charge >= 0.3 is 0 Å². The van der Waals surface area contributed by atoms with Gasteiger partial charge < -0.3 is 25.2 Å². The molecule has 1 fully saturated rings. The lowest BCUT2D eigenvalue weighted by atomic mass is 9.91. The van der Waals surface area contributed by atoms with Crippen molar-refractivity contribution in [2.45, 2.75) is 19.3 Å². The molecule has 1 aromatic heterocycles. The maximum atomic E-state index is 6.12. The summed E-state index contributed by atoms with van der Waals surface area (Å²) in [4.78, 5) is 6.39. The molecule has 154 valence electrons. The van der Waals surface area contributed by atoms with Gasteiger partial charge in [0.05, 0.1) is 18.9 Å². The number of hydrogen-bond donors (Lipinski definition) is 2. The number of para-hydroxylation sites is 1. The second-order valence-corrected chi connectivity index (χ2v) is 7.76. The first-order valence-corrected chi connectivity index (χ1v) is 10.3. The molecule has 1 atom stereocenters. The van der Waals surface area contributed by atoms with Gasteiger partial charge in [0.15, 0.2) is 5.96 Å². The van der Waals surface area contributed by atoms with Crippen molar-refractivity contribution in [2.75, 3.05) is 31.6 Å². The molecule has 2 aliphatic rings. The molecule has 1 unspecified atom stereocenters. The molecule has 3 aromatic rings. The largest absolute Gasteiger partial charge is 0.378 e. The Morgan fingerprint density at radius 1 is 1.10 bits per heavy atom. The molecule has 2 aliphatic heterocycles. The fourth-order valence-corrected chi connectivity index (χ4v) is 3.96. The number of fused-ring (bicyclic) bond motifs is 2. The minimum atomic E-state index is 0.0755. The smallest absolute Gasteiger partial charge is 0.253 e. The van der Waals surface area contributed by atoms with Crippen molar-refractivity contribution < 1.29 is 9.26 Å². The van der Waals surface area contributed by atoms with Crippen molar-refractivity contribution in [3.8, 4) is 0 Å². The summed E-state index contributed by atoms with van der Waals surface area (Å²) < 4.78 is 10.8. The Balaban J connectivity index is 1.34. The van der Waals surface area contributed by atoms with Crippen LogP contribution in [-0.4, -0.2) is 42.3 Å². The fourth-order valence-electron chi connectivity index (χ4n) is 3.96. The predicted octanol–water partition coefficient (Wildman–Crippen LogP) is 3.75. The Kier molecular flexibility index (Phi) is 4.88. The van der Waals surface area contributed by atoms with Crippen molar-refractivity contribution in [1.29, 1.82) is 0 Å². The number of anilines is 2. The van der Waals surface area contributed by atoms with Crippen LogP contribution >= 0.6 is 0 Å². The van der Waals surface area contributed by atoms with E-state index in [4.69, 9.17) is 15.0 Å². The second kappa shape index (κ2) is 7.84. The molecule has 0 saturated carbocycles. The summed E-state index contributed by atoms with van der Waals surface area (Å²) in [6, 6.07) is 16.9. The number of morpholine rings is 1. The van der Waals surface area contributed by atoms with Crippen molar-refractivity contribution in [3.63, 3.8) is 0 Å². The molecule has 30 heavy (non-hydrogen) atoms. The third kappa shape index (κ3) is 3.64. The van der Waals surface area contributed by atoms with Gasteiger partial charge in [-0.25, -0.2) is 0 Å². The lowest BCUT2D eigenvalue weighted by Crippen LogP contribution is -2.44. The molecule has 0 amide bonds. The van der Waals surface area contributed by atoms with E-state index in [1.165, 1.54) is 22.4 Å². The number of guanidine groups is 1. The first kappa shape index (κ1) is 18.7. The number of nitrogens with zero attached hydrogens (tertiary/aromatic N) is 3. The highest BCUT2D eigenvalue weighted by molar-refractivity contribution is 5.80. The topological polar surface area (TPSA) is 88.9 Å². The summed E-state index contributed by atoms with van der Waals surface area (Å²) >= 11 is 0. The minimum absolute atomic E-state index is 0.0755. The molecule has 0 aliphatic carbocycles. The minimum Gasteiger partial charge on any atom is -0.378 e. The average molecular weight is 403 g/mol. The van der Waals surface area contributed by atoms with Crippen LogP contribution in [-0.2, 0) is 11.2 Å². The van der Waals surface area contributed by atoms with Crippen LogP contribution in [0.4, 0.5) is 17.3 Å². The van der Waals surface area contributed by atoms with Crippen LogP contribution in [0.2, 0.25) is 0 Å².